The Hall–Kier alpha value is -3.62. The smallest absolute Gasteiger partial charge is 0.347 e. The van der Waals surface area contributed by atoms with Gasteiger partial charge in [0.1, 0.15) is 11.9 Å². The maximum Gasteiger partial charge on any atom is 0.347 e. The average Bonchev–Trinajstić information content (AvgIpc) is 3.45. The fourth-order valence-electron chi connectivity index (χ4n) is 3.42. The van der Waals surface area contributed by atoms with Crippen LogP contribution in [0.4, 0.5) is 0 Å². The van der Waals surface area contributed by atoms with Crippen LogP contribution in [0.25, 0.3) is 5.65 Å². The maximum absolute atomic E-state index is 12.4. The third-order valence-corrected chi connectivity index (χ3v) is 4.92. The van der Waals surface area contributed by atoms with Crippen molar-refractivity contribution in [2.75, 3.05) is 13.2 Å². The second-order valence-electron chi connectivity index (χ2n) is 6.78. The lowest BCUT2D eigenvalue weighted by atomic mass is 10.0. The van der Waals surface area contributed by atoms with Crippen LogP contribution in [0.15, 0.2) is 46.5 Å². The van der Waals surface area contributed by atoms with E-state index in [0.29, 0.717) is 30.8 Å². The molecule has 2 aliphatic heterocycles. The van der Waals surface area contributed by atoms with Gasteiger partial charge in [0.2, 0.25) is 0 Å². The second kappa shape index (κ2) is 6.52. The van der Waals surface area contributed by atoms with Gasteiger partial charge in [0.05, 0.1) is 24.4 Å². The first-order valence-electron chi connectivity index (χ1n) is 9.01. The van der Waals surface area contributed by atoms with Crippen molar-refractivity contribution in [3.8, 4) is 5.75 Å². The Kier molecular flexibility index (Phi) is 3.85. The molecule has 1 unspecified atom stereocenters. The zero-order valence-corrected chi connectivity index (χ0v) is 14.8. The summed E-state index contributed by atoms with van der Waals surface area (Å²) in [6, 6.07) is 9.25. The van der Waals surface area contributed by atoms with Gasteiger partial charge in [-0.1, -0.05) is 5.16 Å². The molecule has 0 spiro atoms. The van der Waals surface area contributed by atoms with Crippen LogP contribution >= 0.6 is 0 Å². The molecular formula is C19H17N5O4. The number of ether oxygens (including phenoxy) is 1. The molecule has 2 aromatic heterocycles. The molecule has 1 atom stereocenters. The van der Waals surface area contributed by atoms with Gasteiger partial charge in [-0.15, -0.1) is 0 Å². The number of hydrogen-bond donors (Lipinski definition) is 2. The summed E-state index contributed by atoms with van der Waals surface area (Å²) < 4.78 is 6.82. The van der Waals surface area contributed by atoms with E-state index in [0.717, 1.165) is 23.4 Å². The van der Waals surface area contributed by atoms with Gasteiger partial charge in [-0.05, 0) is 41.5 Å². The first-order chi connectivity index (χ1) is 13.7. The van der Waals surface area contributed by atoms with E-state index < -0.39 is 0 Å². The van der Waals surface area contributed by atoms with Gasteiger partial charge < -0.3 is 14.9 Å². The van der Waals surface area contributed by atoms with E-state index in [1.54, 1.807) is 12.1 Å². The molecule has 0 radical (unpaired) electrons. The lowest BCUT2D eigenvalue weighted by Crippen LogP contribution is -2.32. The van der Waals surface area contributed by atoms with Gasteiger partial charge in [0, 0.05) is 19.0 Å². The number of rotatable bonds is 4. The number of H-pyrrole nitrogens is 1. The number of pyridine rings is 1. The maximum atomic E-state index is 12.4. The number of amides is 1. The molecule has 9 heteroatoms. The van der Waals surface area contributed by atoms with Gasteiger partial charge in [0.25, 0.3) is 5.91 Å². The largest absolute Gasteiger partial charge is 0.493 e. The van der Waals surface area contributed by atoms with Crippen LogP contribution in [0.2, 0.25) is 0 Å². The van der Waals surface area contributed by atoms with E-state index in [1.165, 1.54) is 16.2 Å². The fourth-order valence-corrected chi connectivity index (χ4v) is 3.42. The van der Waals surface area contributed by atoms with Crippen LogP contribution in [-0.4, -0.2) is 45.5 Å². The third kappa shape index (κ3) is 2.90. The summed E-state index contributed by atoms with van der Waals surface area (Å²) in [6.07, 6.45) is 2.74. The van der Waals surface area contributed by atoms with E-state index in [2.05, 4.69) is 26.7 Å². The lowest BCUT2D eigenvalue weighted by molar-refractivity contribution is 0.0753. The third-order valence-electron chi connectivity index (χ3n) is 4.92. The number of aromatic nitrogens is 3. The number of hydrogen-bond acceptors (Lipinski definition) is 6. The fraction of sp³-hybridized carbons (Fsp3) is 0.263. The van der Waals surface area contributed by atoms with Gasteiger partial charge >= 0.3 is 5.69 Å². The van der Waals surface area contributed by atoms with E-state index >= 15 is 0 Å². The van der Waals surface area contributed by atoms with Crippen molar-refractivity contribution >= 4 is 17.3 Å². The van der Waals surface area contributed by atoms with Crippen molar-refractivity contribution in [2.45, 2.75) is 18.9 Å². The number of aromatic amines is 1. The van der Waals surface area contributed by atoms with Crippen molar-refractivity contribution in [1.82, 2.24) is 19.9 Å². The van der Waals surface area contributed by atoms with Gasteiger partial charge in [-0.25, -0.2) is 14.3 Å². The highest BCUT2D eigenvalue weighted by Gasteiger charge is 2.24. The molecule has 2 N–H and O–H groups in total. The number of oxime groups is 1. The minimum absolute atomic E-state index is 0.233. The van der Waals surface area contributed by atoms with Gasteiger partial charge in [0.15, 0.2) is 5.65 Å². The Morgan fingerprint density at radius 2 is 2.25 bits per heavy atom. The van der Waals surface area contributed by atoms with Crippen LogP contribution in [0, 0.1) is 0 Å². The van der Waals surface area contributed by atoms with Crippen molar-refractivity contribution in [2.24, 2.45) is 5.16 Å². The van der Waals surface area contributed by atoms with E-state index in [-0.39, 0.29) is 17.7 Å². The summed E-state index contributed by atoms with van der Waals surface area (Å²) in [5.41, 5.74) is 3.50. The van der Waals surface area contributed by atoms with Gasteiger partial charge in [-0.3, -0.25) is 4.79 Å². The molecule has 4 heterocycles. The molecule has 142 valence electrons. The molecule has 0 aliphatic carbocycles. The molecule has 1 aromatic carbocycles. The van der Waals surface area contributed by atoms with Crippen molar-refractivity contribution < 1.29 is 14.4 Å². The number of fused-ring (bicyclic) bond motifs is 2. The molecule has 1 amide bonds. The predicted octanol–water partition coefficient (Wildman–Crippen LogP) is 0.880. The topological polar surface area (TPSA) is 110 Å². The molecule has 0 bridgehead atoms. The number of nitrogens with zero attached hydrogens (tertiary/aromatic N) is 3. The monoisotopic (exact) mass is 379 g/mol. The highest BCUT2D eigenvalue weighted by Crippen LogP contribution is 2.27. The molecule has 28 heavy (non-hydrogen) atoms. The van der Waals surface area contributed by atoms with E-state index in [9.17, 15) is 9.59 Å². The highest BCUT2D eigenvalue weighted by molar-refractivity contribution is 6.01. The summed E-state index contributed by atoms with van der Waals surface area (Å²) in [5.74, 6) is 0.641. The Labute approximate surface area is 159 Å². The summed E-state index contributed by atoms with van der Waals surface area (Å²) in [6.45, 7) is 1.03. The van der Waals surface area contributed by atoms with Crippen LogP contribution in [0.1, 0.15) is 27.9 Å². The Balaban J connectivity index is 1.21. The molecule has 0 fully saturated rings. The van der Waals surface area contributed by atoms with Crippen molar-refractivity contribution in [3.05, 3.63) is 63.7 Å². The number of carbonyl (C=O) groups is 1. The normalized spacial score (nSPS) is 17.7. The van der Waals surface area contributed by atoms with Gasteiger partial charge in [-0.2, -0.15) is 5.10 Å². The zero-order chi connectivity index (χ0) is 19.1. The second-order valence-corrected chi connectivity index (χ2v) is 6.78. The quantitative estimate of drug-likeness (QED) is 0.699. The van der Waals surface area contributed by atoms with E-state index in [4.69, 9.17) is 9.57 Å². The van der Waals surface area contributed by atoms with Crippen LogP contribution < -0.4 is 15.7 Å². The first-order valence-corrected chi connectivity index (χ1v) is 9.01. The van der Waals surface area contributed by atoms with Crippen molar-refractivity contribution in [3.63, 3.8) is 0 Å². The lowest BCUT2D eigenvalue weighted by Gasteiger charge is -2.10. The minimum Gasteiger partial charge on any atom is -0.493 e. The summed E-state index contributed by atoms with van der Waals surface area (Å²) in [7, 11) is 0. The number of benzene rings is 1. The summed E-state index contributed by atoms with van der Waals surface area (Å²) >= 11 is 0. The van der Waals surface area contributed by atoms with E-state index in [1.807, 2.05) is 12.1 Å². The molecule has 0 saturated heterocycles. The highest BCUT2D eigenvalue weighted by atomic mass is 16.6. The molecule has 2 aliphatic rings. The number of nitrogens with one attached hydrogen (secondary N) is 2. The first kappa shape index (κ1) is 16.5. The minimum atomic E-state index is -0.387. The molecule has 0 saturated carbocycles. The number of carbonyl (C=O) groups excluding carboxylic acids is 1. The SMILES string of the molecule is O=C(NCC1CC(c2ccc3c(c2)CCO3)=NO1)c1ccc2n[nH]c(=O)n2c1. The predicted molar refractivity (Wildman–Crippen MR) is 99.8 cm³/mol. The average molecular weight is 379 g/mol. The Morgan fingerprint density at radius 1 is 1.32 bits per heavy atom. The Morgan fingerprint density at radius 3 is 3.18 bits per heavy atom. The van der Waals surface area contributed by atoms with Crippen LogP contribution in [-0.2, 0) is 11.3 Å². The van der Waals surface area contributed by atoms with Crippen LogP contribution in [0.5, 0.6) is 5.75 Å². The molecule has 5 rings (SSSR count). The summed E-state index contributed by atoms with van der Waals surface area (Å²) in [5, 5.41) is 13.2. The van der Waals surface area contributed by atoms with Crippen LogP contribution in [0.3, 0.4) is 0 Å². The molecule has 9 nitrogen and oxygen atoms in total. The molecule has 3 aromatic rings. The summed E-state index contributed by atoms with van der Waals surface area (Å²) in [4.78, 5) is 29.5. The molecular weight excluding hydrogens is 362 g/mol. The van der Waals surface area contributed by atoms with Crippen molar-refractivity contribution in [1.29, 1.82) is 0 Å². The Bertz CT molecular complexity index is 1160. The zero-order valence-electron chi connectivity index (χ0n) is 14.8. The standard InChI is InChI=1S/C19H17N5O4/c25-18(13-2-4-17-21-22-19(26)24(17)10-13)20-9-14-8-15(23-28-14)11-1-3-16-12(7-11)5-6-27-16/h1-4,7,10,14H,5-6,8-9H2,(H,20,25)(H,22,26).